The maximum Gasteiger partial charge on any atom is 0.0240 e. The summed E-state index contributed by atoms with van der Waals surface area (Å²) in [5.41, 5.74) is 6.79. The van der Waals surface area contributed by atoms with E-state index in [2.05, 4.69) is 19.2 Å². The molecule has 0 amide bonds. The van der Waals surface area contributed by atoms with Crippen molar-refractivity contribution in [2.24, 2.45) is 5.73 Å². The van der Waals surface area contributed by atoms with Crippen LogP contribution in [0.1, 0.15) is 58.8 Å². The van der Waals surface area contributed by atoms with Gasteiger partial charge in [0.2, 0.25) is 0 Å². The Balaban J connectivity index is 3.23. The topological polar surface area (TPSA) is 38.0 Å². The van der Waals surface area contributed by atoms with Crippen LogP contribution in [0.3, 0.4) is 0 Å². The Hall–Kier alpha value is -0.660. The molecule has 3 N–H and O–H groups in total. The number of nitrogens with one attached hydrogen (secondary N) is 1. The van der Waals surface area contributed by atoms with Gasteiger partial charge < -0.3 is 11.1 Å². The molecule has 0 aromatic rings. The molecule has 0 heterocycles. The van der Waals surface area contributed by atoms with Crippen molar-refractivity contribution in [3.05, 3.63) is 11.9 Å². The molecule has 0 aromatic carbocycles. The van der Waals surface area contributed by atoms with Gasteiger partial charge in [-0.05, 0) is 19.3 Å². The summed E-state index contributed by atoms with van der Waals surface area (Å²) in [6.07, 6.45) is 10.6. The third kappa shape index (κ3) is 9.43. The van der Waals surface area contributed by atoms with Crippen LogP contribution in [0, 0.1) is 0 Å². The lowest BCUT2D eigenvalue weighted by Crippen LogP contribution is -2.11. The molecule has 14 heavy (non-hydrogen) atoms. The second-order valence-electron chi connectivity index (χ2n) is 3.84. The molecule has 2 nitrogen and oxygen atoms in total. The van der Waals surface area contributed by atoms with Crippen molar-refractivity contribution in [3.63, 3.8) is 0 Å². The first kappa shape index (κ1) is 13.3. The van der Waals surface area contributed by atoms with Crippen LogP contribution in [0.4, 0.5) is 0 Å². The van der Waals surface area contributed by atoms with E-state index in [-0.39, 0.29) is 0 Å². The molecule has 0 aromatic heterocycles. The number of hydrogen-bond acceptors (Lipinski definition) is 2. The Morgan fingerprint density at radius 3 is 2.43 bits per heavy atom. The van der Waals surface area contributed by atoms with Gasteiger partial charge in [0, 0.05) is 18.4 Å². The molecule has 0 aliphatic heterocycles. The molecule has 0 rings (SSSR count). The predicted molar refractivity (Wildman–Crippen MR) is 63.9 cm³/mol. The van der Waals surface area contributed by atoms with Crippen LogP contribution in [0.15, 0.2) is 11.9 Å². The predicted octanol–water partition coefficient (Wildman–Crippen LogP) is 3.15. The maximum atomic E-state index is 5.80. The van der Waals surface area contributed by atoms with E-state index in [0.717, 1.165) is 18.7 Å². The lowest BCUT2D eigenvalue weighted by Gasteiger charge is -2.03. The van der Waals surface area contributed by atoms with Crippen LogP contribution in [0.25, 0.3) is 0 Å². The molecule has 0 fully saturated rings. The summed E-state index contributed by atoms with van der Waals surface area (Å²) in [6, 6.07) is 0. The Bertz CT molecular complexity index is 141. The van der Waals surface area contributed by atoms with Crippen LogP contribution >= 0.6 is 0 Å². The summed E-state index contributed by atoms with van der Waals surface area (Å²) in [6.45, 7) is 5.48. The fourth-order valence-electron chi connectivity index (χ4n) is 1.31. The smallest absolute Gasteiger partial charge is 0.0240 e. The van der Waals surface area contributed by atoms with Gasteiger partial charge in [0.05, 0.1) is 0 Å². The van der Waals surface area contributed by atoms with E-state index in [1.54, 1.807) is 0 Å². The molecule has 0 unspecified atom stereocenters. The molecule has 84 valence electrons. The lowest BCUT2D eigenvalue weighted by atomic mass is 10.2. The molecule has 0 bridgehead atoms. The van der Waals surface area contributed by atoms with Gasteiger partial charge in [-0.2, -0.15) is 0 Å². The maximum absolute atomic E-state index is 5.80. The van der Waals surface area contributed by atoms with Crippen LogP contribution in [-0.2, 0) is 0 Å². The minimum atomic E-state index is 0.988. The van der Waals surface area contributed by atoms with Crippen molar-refractivity contribution >= 4 is 0 Å². The van der Waals surface area contributed by atoms with Gasteiger partial charge in [0.25, 0.3) is 0 Å². The first-order valence-corrected chi connectivity index (χ1v) is 5.99. The monoisotopic (exact) mass is 198 g/mol. The summed E-state index contributed by atoms with van der Waals surface area (Å²) >= 11 is 0. The molecule has 2 heteroatoms. The third-order valence-corrected chi connectivity index (χ3v) is 2.28. The zero-order valence-electron chi connectivity index (χ0n) is 9.81. The van der Waals surface area contributed by atoms with E-state index in [9.17, 15) is 0 Å². The second-order valence-corrected chi connectivity index (χ2v) is 3.84. The number of unbranched alkanes of at least 4 members (excludes halogenated alkanes) is 4. The quantitative estimate of drug-likeness (QED) is 0.559. The zero-order valence-corrected chi connectivity index (χ0v) is 9.81. The summed E-state index contributed by atoms with van der Waals surface area (Å²) in [5, 5.41) is 3.27. The molecule has 0 aliphatic carbocycles. The van der Waals surface area contributed by atoms with Gasteiger partial charge in [0.15, 0.2) is 0 Å². The number of rotatable bonds is 9. The molecule has 0 saturated carbocycles. The van der Waals surface area contributed by atoms with Crippen molar-refractivity contribution in [1.29, 1.82) is 0 Å². The minimum absolute atomic E-state index is 0.988. The molecule has 0 spiro atoms. The number of allylic oxidation sites excluding steroid dienone is 1. The molecular weight excluding hydrogens is 172 g/mol. The summed E-state index contributed by atoms with van der Waals surface area (Å²) in [5.74, 6) is 0. The van der Waals surface area contributed by atoms with Gasteiger partial charge in [-0.3, -0.25) is 0 Å². The second kappa shape index (κ2) is 10.4. The first-order valence-electron chi connectivity index (χ1n) is 5.99. The average molecular weight is 198 g/mol. The Morgan fingerprint density at radius 1 is 1.07 bits per heavy atom. The molecular formula is C12H26N2. The van der Waals surface area contributed by atoms with Gasteiger partial charge in [-0.1, -0.05) is 39.5 Å². The normalized spacial score (nSPS) is 11.7. The highest BCUT2D eigenvalue weighted by atomic mass is 14.8. The summed E-state index contributed by atoms with van der Waals surface area (Å²) < 4.78 is 0. The van der Waals surface area contributed by atoms with Crippen molar-refractivity contribution < 1.29 is 0 Å². The SMILES string of the molecule is CCCCCCN/C=C(\N)CCCC. The van der Waals surface area contributed by atoms with Crippen molar-refractivity contribution in [2.45, 2.75) is 58.8 Å². The lowest BCUT2D eigenvalue weighted by molar-refractivity contribution is 0.642. The first-order chi connectivity index (χ1) is 6.81. The zero-order chi connectivity index (χ0) is 10.6. The minimum Gasteiger partial charge on any atom is -0.401 e. The third-order valence-electron chi connectivity index (χ3n) is 2.28. The van der Waals surface area contributed by atoms with E-state index < -0.39 is 0 Å². The van der Waals surface area contributed by atoms with E-state index >= 15 is 0 Å². The van der Waals surface area contributed by atoms with Crippen LogP contribution in [-0.4, -0.2) is 6.54 Å². The van der Waals surface area contributed by atoms with Gasteiger partial charge in [0.1, 0.15) is 0 Å². The van der Waals surface area contributed by atoms with Crippen molar-refractivity contribution in [3.8, 4) is 0 Å². The van der Waals surface area contributed by atoms with Gasteiger partial charge in [-0.15, -0.1) is 0 Å². The van der Waals surface area contributed by atoms with Crippen LogP contribution < -0.4 is 11.1 Å². The van der Waals surface area contributed by atoms with Gasteiger partial charge >= 0.3 is 0 Å². The highest BCUT2D eigenvalue weighted by molar-refractivity contribution is 4.94. The molecule has 0 radical (unpaired) electrons. The van der Waals surface area contributed by atoms with E-state index in [4.69, 9.17) is 5.73 Å². The molecule has 0 aliphatic rings. The highest BCUT2D eigenvalue weighted by Gasteiger charge is 1.89. The van der Waals surface area contributed by atoms with E-state index in [1.807, 2.05) is 6.20 Å². The standard InChI is InChI=1S/C12H26N2/c1-3-5-7-8-10-14-11-12(13)9-6-4-2/h11,14H,3-10,13H2,1-2H3/b12-11-. The Kier molecular flexibility index (Phi) is 9.93. The number of hydrogen-bond donors (Lipinski definition) is 2. The highest BCUT2D eigenvalue weighted by Crippen LogP contribution is 2.00. The average Bonchev–Trinajstić information content (AvgIpc) is 2.20. The van der Waals surface area contributed by atoms with Crippen LogP contribution in [0.5, 0.6) is 0 Å². The molecule has 0 saturated heterocycles. The summed E-state index contributed by atoms with van der Waals surface area (Å²) in [4.78, 5) is 0. The van der Waals surface area contributed by atoms with Gasteiger partial charge in [-0.25, -0.2) is 0 Å². The Labute approximate surface area is 89.0 Å². The van der Waals surface area contributed by atoms with E-state index in [0.29, 0.717) is 0 Å². The fourth-order valence-corrected chi connectivity index (χ4v) is 1.31. The molecule has 0 atom stereocenters. The van der Waals surface area contributed by atoms with Crippen molar-refractivity contribution in [2.75, 3.05) is 6.54 Å². The van der Waals surface area contributed by atoms with Crippen molar-refractivity contribution in [1.82, 2.24) is 5.32 Å². The van der Waals surface area contributed by atoms with Crippen LogP contribution in [0.2, 0.25) is 0 Å². The summed E-state index contributed by atoms with van der Waals surface area (Å²) in [7, 11) is 0. The number of nitrogens with two attached hydrogens (primary N) is 1. The largest absolute Gasteiger partial charge is 0.401 e. The fraction of sp³-hybridized carbons (Fsp3) is 0.833. The Morgan fingerprint density at radius 2 is 1.79 bits per heavy atom. The van der Waals surface area contributed by atoms with E-state index in [1.165, 1.54) is 38.5 Å².